The topological polar surface area (TPSA) is 37.3 Å². The highest BCUT2D eigenvalue weighted by molar-refractivity contribution is 7.99. The number of hydrogen-bond acceptors (Lipinski definition) is 2. The van der Waals surface area contributed by atoms with E-state index in [1.54, 1.807) is 11.8 Å². The van der Waals surface area contributed by atoms with Gasteiger partial charge in [-0.05, 0) is 18.6 Å². The van der Waals surface area contributed by atoms with Crippen molar-refractivity contribution in [2.75, 3.05) is 6.26 Å². The second-order valence-electron chi connectivity index (χ2n) is 3.52. The predicted octanol–water partition coefficient (Wildman–Crippen LogP) is 2.48. The van der Waals surface area contributed by atoms with Gasteiger partial charge in [0.15, 0.2) is 0 Å². The summed E-state index contributed by atoms with van der Waals surface area (Å²) in [4.78, 5) is 10.8. The van der Waals surface area contributed by atoms with Gasteiger partial charge in [0, 0.05) is 5.25 Å². The first-order valence-electron chi connectivity index (χ1n) is 4.24. The van der Waals surface area contributed by atoms with Gasteiger partial charge in [0.2, 0.25) is 0 Å². The average Bonchev–Trinajstić information content (AvgIpc) is 1.98. The zero-order chi connectivity index (χ0) is 9.72. The molecule has 0 bridgehead atoms. The van der Waals surface area contributed by atoms with Gasteiger partial charge in [0.05, 0.1) is 5.92 Å². The Labute approximate surface area is 78.7 Å². The molecule has 0 saturated heterocycles. The van der Waals surface area contributed by atoms with Crippen LogP contribution in [0, 0.1) is 11.8 Å². The number of thioether (sulfide) groups is 1. The Kier molecular flexibility index (Phi) is 5.38. The van der Waals surface area contributed by atoms with Crippen LogP contribution in [0.5, 0.6) is 0 Å². The molecule has 0 aromatic rings. The van der Waals surface area contributed by atoms with Gasteiger partial charge in [-0.15, -0.1) is 0 Å². The highest BCUT2D eigenvalue weighted by atomic mass is 32.2. The summed E-state index contributed by atoms with van der Waals surface area (Å²) >= 11 is 1.62. The molecule has 0 rings (SSSR count). The Balaban J connectivity index is 4.13. The van der Waals surface area contributed by atoms with Crippen molar-refractivity contribution in [2.45, 2.75) is 32.4 Å². The van der Waals surface area contributed by atoms with Crippen molar-refractivity contribution < 1.29 is 9.90 Å². The summed E-state index contributed by atoms with van der Waals surface area (Å²) in [5.41, 5.74) is 0. The van der Waals surface area contributed by atoms with E-state index in [9.17, 15) is 4.79 Å². The highest BCUT2D eigenvalue weighted by Gasteiger charge is 2.24. The molecule has 0 radical (unpaired) electrons. The molecule has 0 spiro atoms. The summed E-state index contributed by atoms with van der Waals surface area (Å²) in [6.07, 6.45) is 2.73. The predicted molar refractivity (Wildman–Crippen MR) is 53.6 cm³/mol. The van der Waals surface area contributed by atoms with Crippen LogP contribution < -0.4 is 0 Å². The molecule has 2 unspecified atom stereocenters. The number of carboxylic acid groups (broad SMARTS) is 1. The van der Waals surface area contributed by atoms with Gasteiger partial charge >= 0.3 is 5.97 Å². The van der Waals surface area contributed by atoms with Crippen LogP contribution >= 0.6 is 11.8 Å². The average molecular weight is 190 g/mol. The van der Waals surface area contributed by atoms with E-state index in [4.69, 9.17) is 5.11 Å². The quantitative estimate of drug-likeness (QED) is 0.723. The first-order valence-corrected chi connectivity index (χ1v) is 5.53. The zero-order valence-electron chi connectivity index (χ0n) is 8.20. The molecular formula is C9H18O2S. The van der Waals surface area contributed by atoms with E-state index < -0.39 is 5.97 Å². The van der Waals surface area contributed by atoms with E-state index in [1.165, 1.54) is 0 Å². The Morgan fingerprint density at radius 1 is 1.42 bits per heavy atom. The fourth-order valence-electron chi connectivity index (χ4n) is 1.17. The van der Waals surface area contributed by atoms with E-state index in [-0.39, 0.29) is 11.2 Å². The molecule has 0 amide bonds. The maximum Gasteiger partial charge on any atom is 0.307 e. The van der Waals surface area contributed by atoms with Crippen molar-refractivity contribution in [3.05, 3.63) is 0 Å². The number of carboxylic acids is 1. The zero-order valence-corrected chi connectivity index (χ0v) is 9.02. The molecule has 0 saturated carbocycles. The Morgan fingerprint density at radius 2 is 1.92 bits per heavy atom. The van der Waals surface area contributed by atoms with Crippen LogP contribution in [-0.4, -0.2) is 22.6 Å². The fourth-order valence-corrected chi connectivity index (χ4v) is 1.72. The van der Waals surface area contributed by atoms with E-state index in [0.29, 0.717) is 5.92 Å². The summed E-state index contributed by atoms with van der Waals surface area (Å²) in [6, 6.07) is 0. The first kappa shape index (κ1) is 11.8. The van der Waals surface area contributed by atoms with E-state index in [1.807, 2.05) is 13.2 Å². The van der Waals surface area contributed by atoms with Crippen LogP contribution in [0.25, 0.3) is 0 Å². The van der Waals surface area contributed by atoms with Crippen LogP contribution in [-0.2, 0) is 4.79 Å². The van der Waals surface area contributed by atoms with Gasteiger partial charge in [-0.3, -0.25) is 4.79 Å². The third-order valence-electron chi connectivity index (χ3n) is 1.98. The lowest BCUT2D eigenvalue weighted by molar-refractivity contribution is -0.142. The van der Waals surface area contributed by atoms with Gasteiger partial charge in [-0.1, -0.05) is 20.8 Å². The number of hydrogen-bond donors (Lipinski definition) is 1. The molecule has 0 aliphatic carbocycles. The van der Waals surface area contributed by atoms with Crippen LogP contribution in [0.15, 0.2) is 0 Å². The molecule has 0 aliphatic heterocycles. The maximum absolute atomic E-state index is 10.8. The molecule has 0 aromatic heterocycles. The van der Waals surface area contributed by atoms with Gasteiger partial charge in [-0.2, -0.15) is 11.8 Å². The molecule has 3 heteroatoms. The smallest absolute Gasteiger partial charge is 0.307 e. The first-order chi connectivity index (χ1) is 5.49. The minimum atomic E-state index is -0.662. The molecule has 0 aliphatic rings. The van der Waals surface area contributed by atoms with Crippen molar-refractivity contribution in [3.63, 3.8) is 0 Å². The minimum Gasteiger partial charge on any atom is -0.481 e. The molecule has 0 aromatic carbocycles. The number of aliphatic carboxylic acids is 1. The Bertz CT molecular complexity index is 145. The van der Waals surface area contributed by atoms with Gasteiger partial charge in [-0.25, -0.2) is 0 Å². The highest BCUT2D eigenvalue weighted by Crippen LogP contribution is 2.23. The largest absolute Gasteiger partial charge is 0.481 e. The third-order valence-corrected chi connectivity index (χ3v) is 3.05. The maximum atomic E-state index is 10.8. The molecule has 2 nitrogen and oxygen atoms in total. The summed E-state index contributed by atoms with van der Waals surface area (Å²) in [7, 11) is 0. The second-order valence-corrected chi connectivity index (χ2v) is 4.73. The second kappa shape index (κ2) is 5.46. The van der Waals surface area contributed by atoms with Gasteiger partial charge < -0.3 is 5.11 Å². The van der Waals surface area contributed by atoms with E-state index in [0.717, 1.165) is 6.42 Å². The summed E-state index contributed by atoms with van der Waals surface area (Å²) in [5, 5.41) is 9.12. The summed E-state index contributed by atoms with van der Waals surface area (Å²) in [5.74, 6) is -0.397. The molecular weight excluding hydrogens is 172 g/mol. The third kappa shape index (κ3) is 4.00. The minimum absolute atomic E-state index is 0.194. The molecule has 2 atom stereocenters. The fraction of sp³-hybridized carbons (Fsp3) is 0.889. The van der Waals surface area contributed by atoms with Crippen molar-refractivity contribution in [1.82, 2.24) is 0 Å². The van der Waals surface area contributed by atoms with E-state index in [2.05, 4.69) is 13.8 Å². The van der Waals surface area contributed by atoms with Crippen LogP contribution in [0.3, 0.4) is 0 Å². The van der Waals surface area contributed by atoms with Gasteiger partial charge in [0.1, 0.15) is 0 Å². The van der Waals surface area contributed by atoms with Crippen LogP contribution in [0.1, 0.15) is 27.2 Å². The van der Waals surface area contributed by atoms with Gasteiger partial charge in [0.25, 0.3) is 0 Å². The monoisotopic (exact) mass is 190 g/mol. The normalized spacial score (nSPS) is 16.1. The summed E-state index contributed by atoms with van der Waals surface area (Å²) in [6.45, 7) is 6.10. The van der Waals surface area contributed by atoms with Crippen LogP contribution in [0.2, 0.25) is 0 Å². The summed E-state index contributed by atoms with van der Waals surface area (Å²) < 4.78 is 0. The molecule has 72 valence electrons. The number of carbonyl (C=O) groups is 1. The van der Waals surface area contributed by atoms with Crippen molar-refractivity contribution in [2.24, 2.45) is 11.8 Å². The van der Waals surface area contributed by atoms with Crippen molar-refractivity contribution in [3.8, 4) is 0 Å². The Morgan fingerprint density at radius 3 is 2.17 bits per heavy atom. The Hall–Kier alpha value is -0.180. The molecule has 1 N–H and O–H groups in total. The SMILES string of the molecule is CSC(C)C(CC(C)C)C(=O)O. The van der Waals surface area contributed by atoms with Crippen LogP contribution in [0.4, 0.5) is 0 Å². The van der Waals surface area contributed by atoms with E-state index >= 15 is 0 Å². The number of rotatable bonds is 5. The molecule has 12 heavy (non-hydrogen) atoms. The lowest BCUT2D eigenvalue weighted by atomic mass is 9.95. The van der Waals surface area contributed by atoms with Crippen molar-refractivity contribution in [1.29, 1.82) is 0 Å². The standard InChI is InChI=1S/C9H18O2S/c1-6(2)5-8(9(10)11)7(3)12-4/h6-8H,5H2,1-4H3,(H,10,11). The molecule has 0 fully saturated rings. The lowest BCUT2D eigenvalue weighted by Gasteiger charge is -2.19. The van der Waals surface area contributed by atoms with Crippen molar-refractivity contribution >= 4 is 17.7 Å². The molecule has 0 heterocycles. The lowest BCUT2D eigenvalue weighted by Crippen LogP contribution is -2.24.